The first-order chi connectivity index (χ1) is 9.86. The van der Waals surface area contributed by atoms with Gasteiger partial charge >= 0.3 is 0 Å². The maximum Gasteiger partial charge on any atom is 0.254 e. The van der Waals surface area contributed by atoms with Gasteiger partial charge in [0.05, 0.1) is 6.61 Å². The van der Waals surface area contributed by atoms with Crippen LogP contribution in [0.15, 0.2) is 24.3 Å². The predicted octanol–water partition coefficient (Wildman–Crippen LogP) is 3.61. The van der Waals surface area contributed by atoms with E-state index in [1.54, 1.807) is 0 Å². The number of carbonyl (C=O) groups excluding carboxylic acids is 1. The van der Waals surface area contributed by atoms with Crippen LogP contribution >= 0.6 is 0 Å². The average Bonchev–Trinajstić information content (AvgIpc) is 2.46. The van der Waals surface area contributed by atoms with Crippen molar-refractivity contribution in [2.45, 2.75) is 58.9 Å². The molecule has 0 spiro atoms. The van der Waals surface area contributed by atoms with Crippen molar-refractivity contribution in [3.63, 3.8) is 0 Å². The van der Waals surface area contributed by atoms with Crippen molar-refractivity contribution in [3.05, 3.63) is 35.4 Å². The van der Waals surface area contributed by atoms with Gasteiger partial charge < -0.3 is 10.0 Å². The molecule has 0 fully saturated rings. The lowest BCUT2D eigenvalue weighted by atomic mass is 9.83. The molecule has 1 rings (SSSR count). The lowest BCUT2D eigenvalue weighted by molar-refractivity contribution is 0.0620. The molecule has 0 saturated heterocycles. The summed E-state index contributed by atoms with van der Waals surface area (Å²) < 4.78 is 0. The molecular formula is C18H29NO2. The molecule has 21 heavy (non-hydrogen) atoms. The van der Waals surface area contributed by atoms with Crippen molar-refractivity contribution in [2.24, 2.45) is 0 Å². The first-order valence-corrected chi connectivity index (χ1v) is 7.88. The molecule has 0 aliphatic carbocycles. The van der Waals surface area contributed by atoms with E-state index in [-0.39, 0.29) is 24.0 Å². The number of rotatable bonds is 6. The fourth-order valence-corrected chi connectivity index (χ4v) is 2.77. The molecule has 1 amide bonds. The Morgan fingerprint density at radius 3 is 2.24 bits per heavy atom. The van der Waals surface area contributed by atoms with Crippen LogP contribution in [0.3, 0.4) is 0 Å². The molecular weight excluding hydrogens is 262 g/mol. The summed E-state index contributed by atoms with van der Waals surface area (Å²) in [4.78, 5) is 14.8. The Morgan fingerprint density at radius 2 is 1.76 bits per heavy atom. The maximum absolute atomic E-state index is 13.0. The second kappa shape index (κ2) is 7.60. The van der Waals surface area contributed by atoms with E-state index >= 15 is 0 Å². The highest BCUT2D eigenvalue weighted by molar-refractivity contribution is 5.96. The molecule has 3 nitrogen and oxygen atoms in total. The van der Waals surface area contributed by atoms with Crippen molar-refractivity contribution in [1.82, 2.24) is 4.90 Å². The topological polar surface area (TPSA) is 40.5 Å². The van der Waals surface area contributed by atoms with Crippen LogP contribution in [0.1, 0.15) is 63.4 Å². The number of nitrogens with zero attached hydrogens (tertiary/aromatic N) is 1. The third-order valence-corrected chi connectivity index (χ3v) is 3.95. The van der Waals surface area contributed by atoms with Crippen molar-refractivity contribution in [2.75, 3.05) is 13.2 Å². The number of hydrogen-bond donors (Lipinski definition) is 1. The third-order valence-electron chi connectivity index (χ3n) is 3.95. The molecule has 1 aromatic carbocycles. The molecule has 0 radical (unpaired) electrons. The van der Waals surface area contributed by atoms with Crippen LogP contribution < -0.4 is 0 Å². The molecule has 0 aliphatic heterocycles. The summed E-state index contributed by atoms with van der Waals surface area (Å²) in [7, 11) is 0. The minimum Gasteiger partial charge on any atom is -0.395 e. The van der Waals surface area contributed by atoms with E-state index in [0.717, 1.165) is 24.0 Å². The Labute approximate surface area is 129 Å². The minimum absolute atomic E-state index is 0.0000746. The van der Waals surface area contributed by atoms with Gasteiger partial charge in [-0.2, -0.15) is 0 Å². The average molecular weight is 291 g/mol. The standard InChI is InChI=1S/C18H29NO2/c1-6-14(7-2)19(12-13-20)17(21)15-10-8-9-11-16(15)18(3,4)5/h8-11,14,20H,6-7,12-13H2,1-5H3. The van der Waals surface area contributed by atoms with Crippen LogP contribution in [0.25, 0.3) is 0 Å². The second-order valence-electron chi connectivity index (χ2n) is 6.49. The highest BCUT2D eigenvalue weighted by Gasteiger charge is 2.27. The van der Waals surface area contributed by atoms with Crippen molar-refractivity contribution in [3.8, 4) is 0 Å². The van der Waals surface area contributed by atoms with E-state index < -0.39 is 0 Å². The number of benzene rings is 1. The van der Waals surface area contributed by atoms with E-state index in [4.69, 9.17) is 0 Å². The Hall–Kier alpha value is -1.35. The normalized spacial score (nSPS) is 11.8. The van der Waals surface area contributed by atoms with Gasteiger partial charge in [-0.15, -0.1) is 0 Å². The Balaban J connectivity index is 3.21. The quantitative estimate of drug-likeness (QED) is 0.870. The minimum atomic E-state index is -0.0783. The number of aliphatic hydroxyl groups is 1. The van der Waals surface area contributed by atoms with Crippen LogP contribution in [-0.4, -0.2) is 35.1 Å². The van der Waals surface area contributed by atoms with Gasteiger partial charge in [0.1, 0.15) is 0 Å². The molecule has 0 aromatic heterocycles. The molecule has 0 atom stereocenters. The van der Waals surface area contributed by atoms with Crippen LogP contribution in [0, 0.1) is 0 Å². The van der Waals surface area contributed by atoms with Crippen LogP contribution in [-0.2, 0) is 5.41 Å². The van der Waals surface area contributed by atoms with Gasteiger partial charge in [-0.05, 0) is 29.9 Å². The van der Waals surface area contributed by atoms with Crippen LogP contribution in [0.4, 0.5) is 0 Å². The monoisotopic (exact) mass is 291 g/mol. The zero-order valence-corrected chi connectivity index (χ0v) is 14.0. The molecule has 0 bridgehead atoms. The van der Waals surface area contributed by atoms with Crippen molar-refractivity contribution >= 4 is 5.91 Å². The van der Waals surface area contributed by atoms with Gasteiger partial charge in [0, 0.05) is 18.2 Å². The number of hydrogen-bond acceptors (Lipinski definition) is 2. The summed E-state index contributed by atoms with van der Waals surface area (Å²) >= 11 is 0. The van der Waals surface area contributed by atoms with Crippen molar-refractivity contribution in [1.29, 1.82) is 0 Å². The van der Waals surface area contributed by atoms with E-state index in [1.165, 1.54) is 0 Å². The Morgan fingerprint density at radius 1 is 1.19 bits per heavy atom. The molecule has 0 aliphatic rings. The number of aliphatic hydroxyl groups excluding tert-OH is 1. The van der Waals surface area contributed by atoms with Gasteiger partial charge in [-0.1, -0.05) is 52.8 Å². The SMILES string of the molecule is CCC(CC)N(CCO)C(=O)c1ccccc1C(C)(C)C. The summed E-state index contributed by atoms with van der Waals surface area (Å²) in [6.07, 6.45) is 1.81. The smallest absolute Gasteiger partial charge is 0.254 e. The van der Waals surface area contributed by atoms with Crippen molar-refractivity contribution < 1.29 is 9.90 Å². The lowest BCUT2D eigenvalue weighted by Crippen LogP contribution is -2.42. The van der Waals surface area contributed by atoms with E-state index in [2.05, 4.69) is 34.6 Å². The summed E-state index contributed by atoms with van der Waals surface area (Å²) in [5.41, 5.74) is 1.74. The Kier molecular flexibility index (Phi) is 6.41. The van der Waals surface area contributed by atoms with Gasteiger partial charge in [-0.25, -0.2) is 0 Å². The van der Waals surface area contributed by atoms with Gasteiger partial charge in [0.2, 0.25) is 0 Å². The molecule has 1 aromatic rings. The van der Waals surface area contributed by atoms with E-state index in [0.29, 0.717) is 6.54 Å². The molecule has 0 saturated carbocycles. The third kappa shape index (κ3) is 4.31. The molecule has 118 valence electrons. The largest absolute Gasteiger partial charge is 0.395 e. The van der Waals surface area contributed by atoms with E-state index in [9.17, 15) is 9.90 Å². The summed E-state index contributed by atoms with van der Waals surface area (Å²) in [5, 5.41) is 9.31. The van der Waals surface area contributed by atoms with Gasteiger partial charge in [0.15, 0.2) is 0 Å². The van der Waals surface area contributed by atoms with Gasteiger partial charge in [-0.3, -0.25) is 4.79 Å². The zero-order chi connectivity index (χ0) is 16.0. The summed E-state index contributed by atoms with van der Waals surface area (Å²) in [6, 6.07) is 7.99. The highest BCUT2D eigenvalue weighted by Crippen LogP contribution is 2.27. The first-order valence-electron chi connectivity index (χ1n) is 7.88. The predicted molar refractivity (Wildman–Crippen MR) is 87.6 cm³/mol. The fraction of sp³-hybridized carbons (Fsp3) is 0.611. The lowest BCUT2D eigenvalue weighted by Gasteiger charge is -2.32. The Bertz CT molecular complexity index is 459. The molecule has 3 heteroatoms. The number of carbonyl (C=O) groups is 1. The second-order valence-corrected chi connectivity index (χ2v) is 6.49. The highest BCUT2D eigenvalue weighted by atomic mass is 16.3. The van der Waals surface area contributed by atoms with Crippen LogP contribution in [0.5, 0.6) is 0 Å². The fourth-order valence-electron chi connectivity index (χ4n) is 2.77. The van der Waals surface area contributed by atoms with Crippen LogP contribution in [0.2, 0.25) is 0 Å². The van der Waals surface area contributed by atoms with Gasteiger partial charge in [0.25, 0.3) is 5.91 Å². The number of amides is 1. The summed E-state index contributed by atoms with van der Waals surface area (Å²) in [6.45, 7) is 10.9. The first kappa shape index (κ1) is 17.7. The molecule has 0 heterocycles. The maximum atomic E-state index is 13.0. The molecule has 1 N–H and O–H groups in total. The van der Waals surface area contributed by atoms with E-state index in [1.807, 2.05) is 29.2 Å². The summed E-state index contributed by atoms with van der Waals surface area (Å²) in [5.74, 6) is 0.0308. The molecule has 0 unspecified atom stereocenters. The zero-order valence-electron chi connectivity index (χ0n) is 14.0.